The number of nitrogens with one attached hydrogen (secondary N) is 4. The lowest BCUT2D eigenvalue weighted by atomic mass is 10.0. The van der Waals surface area contributed by atoms with E-state index in [0.29, 0.717) is 5.56 Å². The standard InChI is InChI=1S/C28H31N5O9/c29-18(11-16-14-30-19-9-5-4-8-17(16)19)25(38)31-21(12-23(34)35)27(40)32-20(10-15-6-2-1-3-7-15)26(39)33-22(28(41)42)13-24(36)37/h1-9,14,18,20-22,30H,10-13,29H2,(H,31,38)(H,32,40)(H,33,39)(H,34,35)(H,36,37)(H,41,42)/t18-,20-,21-,22-/m0/s1. The molecule has 0 spiro atoms. The van der Waals surface area contributed by atoms with Crippen LogP contribution in [0.25, 0.3) is 10.9 Å². The fourth-order valence-electron chi connectivity index (χ4n) is 4.27. The van der Waals surface area contributed by atoms with Gasteiger partial charge in [0.2, 0.25) is 17.7 Å². The van der Waals surface area contributed by atoms with Gasteiger partial charge in [-0.05, 0) is 23.6 Å². The van der Waals surface area contributed by atoms with Crippen molar-refractivity contribution in [2.75, 3.05) is 0 Å². The molecule has 0 saturated carbocycles. The molecule has 0 aliphatic carbocycles. The number of carboxylic acids is 3. The normalized spacial score (nSPS) is 13.7. The highest BCUT2D eigenvalue weighted by atomic mass is 16.4. The van der Waals surface area contributed by atoms with E-state index in [0.717, 1.165) is 16.5 Å². The molecule has 1 aromatic heterocycles. The number of carbonyl (C=O) groups is 6. The average molecular weight is 582 g/mol. The molecule has 14 heteroatoms. The smallest absolute Gasteiger partial charge is 0.326 e. The second-order valence-corrected chi connectivity index (χ2v) is 9.58. The van der Waals surface area contributed by atoms with E-state index in [1.165, 1.54) is 0 Å². The van der Waals surface area contributed by atoms with Crippen molar-refractivity contribution in [3.05, 3.63) is 71.9 Å². The number of hydrogen-bond donors (Lipinski definition) is 8. The Morgan fingerprint density at radius 3 is 1.88 bits per heavy atom. The topological polar surface area (TPSA) is 241 Å². The van der Waals surface area contributed by atoms with Gasteiger partial charge < -0.3 is 42.0 Å². The summed E-state index contributed by atoms with van der Waals surface area (Å²) in [6.07, 6.45) is -0.129. The number of fused-ring (bicyclic) bond motifs is 1. The van der Waals surface area contributed by atoms with Crippen LogP contribution in [0.15, 0.2) is 60.8 Å². The second kappa shape index (κ2) is 14.4. The van der Waals surface area contributed by atoms with Crippen LogP contribution in [0.1, 0.15) is 24.0 Å². The Morgan fingerprint density at radius 1 is 0.690 bits per heavy atom. The third-order valence-corrected chi connectivity index (χ3v) is 6.37. The summed E-state index contributed by atoms with van der Waals surface area (Å²) in [5, 5.41) is 35.3. The Morgan fingerprint density at radius 2 is 1.24 bits per heavy atom. The molecule has 3 rings (SSSR count). The van der Waals surface area contributed by atoms with E-state index in [9.17, 15) is 39.0 Å². The first-order valence-corrected chi connectivity index (χ1v) is 12.9. The average Bonchev–Trinajstić information content (AvgIpc) is 3.34. The monoisotopic (exact) mass is 581 g/mol. The van der Waals surface area contributed by atoms with E-state index >= 15 is 0 Å². The molecule has 0 fully saturated rings. The lowest BCUT2D eigenvalue weighted by Crippen LogP contribution is -2.58. The molecule has 0 aliphatic heterocycles. The number of aromatic nitrogens is 1. The predicted octanol–water partition coefficient (Wildman–Crippen LogP) is -0.231. The maximum Gasteiger partial charge on any atom is 0.326 e. The van der Waals surface area contributed by atoms with Crippen LogP contribution >= 0.6 is 0 Å². The molecule has 2 aromatic carbocycles. The predicted molar refractivity (Wildman–Crippen MR) is 148 cm³/mol. The van der Waals surface area contributed by atoms with E-state index in [4.69, 9.17) is 10.8 Å². The van der Waals surface area contributed by atoms with Crippen LogP contribution in [0.3, 0.4) is 0 Å². The van der Waals surface area contributed by atoms with Crippen LogP contribution in [0.2, 0.25) is 0 Å². The molecule has 3 amide bonds. The fourth-order valence-corrected chi connectivity index (χ4v) is 4.27. The van der Waals surface area contributed by atoms with Crippen LogP contribution in [-0.4, -0.2) is 80.1 Å². The van der Waals surface area contributed by atoms with E-state index in [1.807, 2.05) is 24.3 Å². The van der Waals surface area contributed by atoms with Gasteiger partial charge in [0.05, 0.1) is 18.9 Å². The molecular weight excluding hydrogens is 550 g/mol. The van der Waals surface area contributed by atoms with Gasteiger partial charge in [-0.2, -0.15) is 0 Å². The number of carboxylic acid groups (broad SMARTS) is 3. The van der Waals surface area contributed by atoms with Crippen molar-refractivity contribution < 1.29 is 44.1 Å². The number of para-hydroxylation sites is 1. The number of hydrogen-bond acceptors (Lipinski definition) is 7. The van der Waals surface area contributed by atoms with Crippen LogP contribution < -0.4 is 21.7 Å². The molecule has 1 heterocycles. The summed E-state index contributed by atoms with van der Waals surface area (Å²) in [6, 6.07) is 9.65. The van der Waals surface area contributed by atoms with Gasteiger partial charge in [-0.15, -0.1) is 0 Å². The minimum absolute atomic E-state index is 0.0798. The zero-order chi connectivity index (χ0) is 30.8. The van der Waals surface area contributed by atoms with Crippen molar-refractivity contribution in [3.63, 3.8) is 0 Å². The Balaban J connectivity index is 1.76. The molecule has 3 aromatic rings. The third kappa shape index (κ3) is 8.89. The maximum atomic E-state index is 13.2. The van der Waals surface area contributed by atoms with Gasteiger partial charge in [-0.3, -0.25) is 24.0 Å². The van der Waals surface area contributed by atoms with E-state index < -0.39 is 72.6 Å². The molecule has 0 bridgehead atoms. The van der Waals surface area contributed by atoms with E-state index in [-0.39, 0.29) is 12.8 Å². The number of H-pyrrole nitrogens is 1. The number of aromatic amines is 1. The van der Waals surface area contributed by atoms with Crippen LogP contribution in [-0.2, 0) is 41.6 Å². The van der Waals surface area contributed by atoms with Crippen molar-refractivity contribution >= 4 is 46.5 Å². The second-order valence-electron chi connectivity index (χ2n) is 9.58. The summed E-state index contributed by atoms with van der Waals surface area (Å²) in [5.74, 6) is -7.35. The number of aliphatic carboxylic acids is 3. The van der Waals surface area contributed by atoms with Gasteiger partial charge in [-0.1, -0.05) is 48.5 Å². The minimum Gasteiger partial charge on any atom is -0.481 e. The quantitative estimate of drug-likeness (QED) is 0.117. The number of rotatable bonds is 15. The zero-order valence-corrected chi connectivity index (χ0v) is 22.3. The first kappa shape index (κ1) is 31.3. The van der Waals surface area contributed by atoms with Crippen molar-refractivity contribution in [3.8, 4) is 0 Å². The SMILES string of the molecule is N[C@@H](Cc1c[nH]c2ccccc12)C(=O)N[C@@H](CC(=O)O)C(=O)N[C@@H](Cc1ccccc1)C(=O)N[C@@H](CC(=O)O)C(=O)O. The number of benzene rings is 2. The Bertz CT molecular complexity index is 1460. The molecule has 0 unspecified atom stereocenters. The molecule has 222 valence electrons. The lowest BCUT2D eigenvalue weighted by molar-refractivity contribution is -0.147. The highest BCUT2D eigenvalue weighted by molar-refractivity contribution is 5.96. The van der Waals surface area contributed by atoms with Gasteiger partial charge in [0.1, 0.15) is 18.1 Å². The highest BCUT2D eigenvalue weighted by Gasteiger charge is 2.32. The van der Waals surface area contributed by atoms with Crippen molar-refractivity contribution in [1.82, 2.24) is 20.9 Å². The van der Waals surface area contributed by atoms with Gasteiger partial charge in [0, 0.05) is 23.5 Å². The van der Waals surface area contributed by atoms with Gasteiger partial charge in [0.15, 0.2) is 0 Å². The Labute approximate surface area is 239 Å². The molecule has 0 radical (unpaired) electrons. The first-order chi connectivity index (χ1) is 19.9. The summed E-state index contributed by atoms with van der Waals surface area (Å²) in [5.41, 5.74) is 8.21. The van der Waals surface area contributed by atoms with Crippen LogP contribution in [0.4, 0.5) is 0 Å². The molecule has 42 heavy (non-hydrogen) atoms. The summed E-state index contributed by atoms with van der Waals surface area (Å²) >= 11 is 0. The van der Waals surface area contributed by atoms with Crippen molar-refractivity contribution in [2.45, 2.75) is 49.9 Å². The zero-order valence-electron chi connectivity index (χ0n) is 22.3. The Kier molecular flexibility index (Phi) is 10.7. The summed E-state index contributed by atoms with van der Waals surface area (Å²) in [7, 11) is 0. The van der Waals surface area contributed by atoms with E-state index in [2.05, 4.69) is 20.9 Å². The third-order valence-electron chi connectivity index (χ3n) is 6.37. The largest absolute Gasteiger partial charge is 0.481 e. The van der Waals surface area contributed by atoms with Crippen LogP contribution in [0.5, 0.6) is 0 Å². The maximum absolute atomic E-state index is 13.2. The highest BCUT2D eigenvalue weighted by Crippen LogP contribution is 2.19. The van der Waals surface area contributed by atoms with Crippen LogP contribution in [0, 0.1) is 0 Å². The van der Waals surface area contributed by atoms with Gasteiger partial charge in [-0.25, -0.2) is 4.79 Å². The number of amides is 3. The fraction of sp³-hybridized carbons (Fsp3) is 0.286. The van der Waals surface area contributed by atoms with Crippen molar-refractivity contribution in [1.29, 1.82) is 0 Å². The summed E-state index contributed by atoms with van der Waals surface area (Å²) < 4.78 is 0. The first-order valence-electron chi connectivity index (χ1n) is 12.9. The van der Waals surface area contributed by atoms with Gasteiger partial charge >= 0.3 is 17.9 Å². The molecule has 0 aliphatic rings. The molecule has 14 nitrogen and oxygen atoms in total. The molecular formula is C28H31N5O9. The van der Waals surface area contributed by atoms with Gasteiger partial charge in [0.25, 0.3) is 0 Å². The lowest BCUT2D eigenvalue weighted by Gasteiger charge is -2.24. The van der Waals surface area contributed by atoms with E-state index in [1.54, 1.807) is 36.5 Å². The molecule has 4 atom stereocenters. The number of carbonyl (C=O) groups excluding carboxylic acids is 3. The molecule has 9 N–H and O–H groups in total. The van der Waals surface area contributed by atoms with Crippen molar-refractivity contribution in [2.24, 2.45) is 5.73 Å². The number of nitrogens with two attached hydrogens (primary N) is 1. The minimum atomic E-state index is -1.79. The summed E-state index contributed by atoms with van der Waals surface area (Å²) in [4.78, 5) is 76.3. The summed E-state index contributed by atoms with van der Waals surface area (Å²) in [6.45, 7) is 0. The Hall–Kier alpha value is -5.24. The molecule has 0 saturated heterocycles.